The number of rotatable bonds is 2. The summed E-state index contributed by atoms with van der Waals surface area (Å²) in [6, 6.07) is 1.83. The van der Waals surface area contributed by atoms with Crippen molar-refractivity contribution in [2.75, 3.05) is 6.61 Å². The molecule has 92 valence electrons. The zero-order valence-corrected chi connectivity index (χ0v) is 8.92. The first kappa shape index (κ1) is 10.7. The van der Waals surface area contributed by atoms with E-state index in [9.17, 15) is 10.2 Å². The van der Waals surface area contributed by atoms with Crippen molar-refractivity contribution >= 4 is 0 Å². The van der Waals surface area contributed by atoms with Gasteiger partial charge in [0.05, 0.1) is 6.61 Å². The van der Waals surface area contributed by atoms with Crippen LogP contribution in [0.3, 0.4) is 0 Å². The van der Waals surface area contributed by atoms with Crippen LogP contribution in [0.25, 0.3) is 0 Å². The number of ether oxygens (including phenoxy) is 1. The molecule has 1 saturated heterocycles. The average Bonchev–Trinajstić information content (AvgIpc) is 2.94. The number of fused-ring (bicyclic) bond motifs is 1. The van der Waals surface area contributed by atoms with Crippen LogP contribution in [0.1, 0.15) is 11.8 Å². The van der Waals surface area contributed by atoms with E-state index in [1.165, 1.54) is 0 Å². The van der Waals surface area contributed by atoms with Crippen LogP contribution in [0.2, 0.25) is 0 Å². The van der Waals surface area contributed by atoms with Gasteiger partial charge in [0.1, 0.15) is 24.4 Å². The number of aromatic nitrogens is 3. The normalized spacial score (nSPS) is 33.6. The second kappa shape index (κ2) is 3.81. The summed E-state index contributed by atoms with van der Waals surface area (Å²) in [6.45, 7) is -0.332. The highest BCUT2D eigenvalue weighted by Crippen LogP contribution is 2.31. The molecule has 17 heavy (non-hydrogen) atoms. The zero-order valence-electron chi connectivity index (χ0n) is 8.92. The summed E-state index contributed by atoms with van der Waals surface area (Å²) in [5.74, 6) is 0. The Morgan fingerprint density at radius 3 is 2.88 bits per heavy atom. The predicted octanol–water partition coefficient (Wildman–Crippen LogP) is -2.36. The smallest absolute Gasteiger partial charge is 0.190 e. The molecular weight excluding hydrogens is 226 g/mol. The van der Waals surface area contributed by atoms with Crippen LogP contribution in [0.5, 0.6) is 0 Å². The number of hydrogen-bond acceptors (Lipinski definition) is 4. The molecule has 2 aromatic heterocycles. The zero-order chi connectivity index (χ0) is 12.0. The van der Waals surface area contributed by atoms with Crippen LogP contribution in [0, 0.1) is 0 Å². The second-order valence-electron chi connectivity index (χ2n) is 4.10. The first-order valence-corrected chi connectivity index (χ1v) is 5.35. The lowest BCUT2D eigenvalue weighted by molar-refractivity contribution is -0.677. The van der Waals surface area contributed by atoms with Gasteiger partial charge in [0.25, 0.3) is 0 Å². The van der Waals surface area contributed by atoms with Crippen LogP contribution in [-0.2, 0) is 4.74 Å². The Kier molecular flexibility index (Phi) is 2.40. The van der Waals surface area contributed by atoms with E-state index in [1.807, 2.05) is 6.07 Å². The topological polar surface area (TPSA) is 92.5 Å². The fraction of sp³-hybridized carbons (Fsp3) is 0.500. The fourth-order valence-corrected chi connectivity index (χ4v) is 2.09. The molecule has 7 heteroatoms. The maximum atomic E-state index is 9.83. The van der Waals surface area contributed by atoms with E-state index in [-0.39, 0.29) is 6.61 Å². The fourth-order valence-electron chi connectivity index (χ4n) is 2.09. The Bertz CT molecular complexity index is 494. The highest BCUT2D eigenvalue weighted by molar-refractivity contribution is 5.06. The quantitative estimate of drug-likeness (QED) is 0.510. The van der Waals surface area contributed by atoms with Crippen LogP contribution in [0.15, 0.2) is 24.7 Å². The molecule has 0 amide bonds. The van der Waals surface area contributed by atoms with Crippen molar-refractivity contribution in [3.63, 3.8) is 0 Å². The SMILES string of the molecule is OC[C@H]1O[C@@H](c2cn3ccc[n+]3[n-]2)[C@H](O)[C@@H]1O. The molecule has 0 bridgehead atoms. The molecule has 0 radical (unpaired) electrons. The lowest BCUT2D eigenvalue weighted by atomic mass is 10.1. The van der Waals surface area contributed by atoms with E-state index in [4.69, 9.17) is 9.84 Å². The van der Waals surface area contributed by atoms with Crippen molar-refractivity contribution in [2.24, 2.45) is 0 Å². The summed E-state index contributed by atoms with van der Waals surface area (Å²) in [5, 5.41) is 32.7. The lowest BCUT2D eigenvalue weighted by Crippen LogP contribution is -2.33. The summed E-state index contributed by atoms with van der Waals surface area (Å²) in [5.41, 5.74) is 0.521. The van der Waals surface area contributed by atoms with Crippen molar-refractivity contribution in [2.45, 2.75) is 24.4 Å². The molecule has 0 aliphatic carbocycles. The van der Waals surface area contributed by atoms with E-state index >= 15 is 0 Å². The molecule has 1 aliphatic rings. The van der Waals surface area contributed by atoms with Gasteiger partial charge >= 0.3 is 0 Å². The summed E-state index contributed by atoms with van der Waals surface area (Å²) < 4.78 is 8.69. The van der Waals surface area contributed by atoms with Crippen molar-refractivity contribution in [3.8, 4) is 0 Å². The van der Waals surface area contributed by atoms with Gasteiger partial charge in [-0.05, 0) is 12.4 Å². The lowest BCUT2D eigenvalue weighted by Gasteiger charge is -2.12. The minimum atomic E-state index is -1.09. The average molecular weight is 239 g/mol. The first-order chi connectivity index (χ1) is 8.20. The Morgan fingerprint density at radius 2 is 2.24 bits per heavy atom. The van der Waals surface area contributed by atoms with Gasteiger partial charge in [0.15, 0.2) is 6.20 Å². The Morgan fingerprint density at radius 1 is 1.41 bits per heavy atom. The van der Waals surface area contributed by atoms with Gasteiger partial charge in [-0.25, -0.2) is 4.52 Å². The summed E-state index contributed by atoms with van der Waals surface area (Å²) in [6.07, 6.45) is 1.62. The monoisotopic (exact) mass is 239 g/mol. The number of nitrogens with zero attached hydrogens (tertiary/aromatic N) is 3. The third kappa shape index (κ3) is 1.55. The predicted molar refractivity (Wildman–Crippen MR) is 53.1 cm³/mol. The largest absolute Gasteiger partial charge is 0.394 e. The minimum absolute atomic E-state index is 0.332. The third-order valence-corrected chi connectivity index (χ3v) is 3.01. The highest BCUT2D eigenvalue weighted by atomic mass is 16.6. The van der Waals surface area contributed by atoms with Crippen molar-refractivity contribution in [1.82, 2.24) is 9.61 Å². The van der Waals surface area contributed by atoms with E-state index in [0.717, 1.165) is 0 Å². The molecule has 3 rings (SSSR count). The van der Waals surface area contributed by atoms with E-state index < -0.39 is 24.4 Å². The molecule has 7 nitrogen and oxygen atoms in total. The number of aliphatic hydroxyl groups excluding tert-OH is 3. The number of hydrogen-bond donors (Lipinski definition) is 3. The van der Waals surface area contributed by atoms with Gasteiger partial charge in [-0.15, -0.1) is 4.63 Å². The van der Waals surface area contributed by atoms with Crippen LogP contribution in [0.4, 0.5) is 0 Å². The van der Waals surface area contributed by atoms with Crippen LogP contribution < -0.4 is 9.73 Å². The standard InChI is InChI=1S/C10H13N3O4/c14-5-7-8(15)9(16)10(17-7)6-4-12-2-1-3-13(12)11-6/h1-4,7-10,14-16H,5H2/t7-,8-,9-,10+/m1/s1. The van der Waals surface area contributed by atoms with Gasteiger partial charge in [-0.3, -0.25) is 0 Å². The molecule has 0 saturated carbocycles. The molecule has 0 spiro atoms. The Balaban J connectivity index is 1.92. The second-order valence-corrected chi connectivity index (χ2v) is 4.10. The summed E-state index contributed by atoms with van der Waals surface area (Å²) in [7, 11) is 0. The van der Waals surface area contributed by atoms with Crippen LogP contribution >= 0.6 is 0 Å². The molecular formula is C10H13N3O4. The van der Waals surface area contributed by atoms with E-state index in [0.29, 0.717) is 5.69 Å². The highest BCUT2D eigenvalue weighted by Gasteiger charge is 2.43. The number of aliphatic hydroxyl groups is 3. The summed E-state index contributed by atoms with van der Waals surface area (Å²) in [4.78, 5) is 0. The third-order valence-electron chi connectivity index (χ3n) is 3.01. The molecule has 4 atom stereocenters. The minimum Gasteiger partial charge on any atom is -0.394 e. The molecule has 0 unspecified atom stereocenters. The van der Waals surface area contributed by atoms with Gasteiger partial charge in [0, 0.05) is 11.8 Å². The van der Waals surface area contributed by atoms with E-state index in [2.05, 4.69) is 5.10 Å². The first-order valence-electron chi connectivity index (χ1n) is 5.35. The van der Waals surface area contributed by atoms with Crippen LogP contribution in [-0.4, -0.2) is 44.8 Å². The Labute approximate surface area is 96.5 Å². The molecule has 0 aromatic carbocycles. The van der Waals surface area contributed by atoms with Crippen molar-refractivity contribution < 1.29 is 24.7 Å². The van der Waals surface area contributed by atoms with E-state index in [1.54, 1.807) is 27.7 Å². The Hall–Kier alpha value is -1.41. The molecule has 1 aliphatic heterocycles. The van der Waals surface area contributed by atoms with Crippen molar-refractivity contribution in [1.29, 1.82) is 0 Å². The summed E-state index contributed by atoms with van der Waals surface area (Å²) >= 11 is 0. The van der Waals surface area contributed by atoms with Gasteiger partial charge in [-0.2, -0.15) is 5.10 Å². The molecule has 3 heterocycles. The van der Waals surface area contributed by atoms with Gasteiger partial charge in [0.2, 0.25) is 0 Å². The maximum Gasteiger partial charge on any atom is 0.190 e. The van der Waals surface area contributed by atoms with Gasteiger partial charge < -0.3 is 20.1 Å². The van der Waals surface area contributed by atoms with Crippen molar-refractivity contribution in [3.05, 3.63) is 30.4 Å². The molecule has 3 N–H and O–H groups in total. The van der Waals surface area contributed by atoms with Gasteiger partial charge in [-0.1, -0.05) is 0 Å². The molecule has 1 fully saturated rings. The maximum absolute atomic E-state index is 9.83. The molecule has 2 aromatic rings.